The molecule has 5 N–H and O–H groups in total. The van der Waals surface area contributed by atoms with Crippen molar-refractivity contribution in [2.45, 2.75) is 76.0 Å². The third-order valence-corrected chi connectivity index (χ3v) is 5.98. The molecule has 0 spiro atoms. The zero-order valence-electron chi connectivity index (χ0n) is 26.4. The van der Waals surface area contributed by atoms with E-state index in [-0.39, 0.29) is 19.0 Å². The largest absolute Gasteiger partial charge is 0.443 e. The second-order valence-electron chi connectivity index (χ2n) is 10.7. The van der Waals surface area contributed by atoms with E-state index in [1.54, 1.807) is 92.3 Å². The Bertz CT molecular complexity index is 1330. The van der Waals surface area contributed by atoms with Gasteiger partial charge in [-0.25, -0.2) is 16.1 Å². The Hall–Kier alpha value is -4.12. The number of carbonyl (C=O) groups is 3. The van der Waals surface area contributed by atoms with Crippen LogP contribution in [-0.4, -0.2) is 47.1 Å². The van der Waals surface area contributed by atoms with Gasteiger partial charge in [-0.15, -0.1) is 25.6 Å². The summed E-state index contributed by atoms with van der Waals surface area (Å²) in [4.78, 5) is 35.5. The van der Waals surface area contributed by atoms with Gasteiger partial charge in [-0.2, -0.15) is 26.3 Å². The number of nitrogens with one attached hydrogen (secondary N) is 3. The minimum atomic E-state index is -5.06. The third-order valence-electron chi connectivity index (χ3n) is 5.98. The smallest absolute Gasteiger partial charge is 0.427 e. The second kappa shape index (κ2) is 19.0. The Kier molecular flexibility index (Phi) is 17.4. The van der Waals surface area contributed by atoms with Gasteiger partial charge in [-0.3, -0.25) is 20.4 Å². The average Bonchev–Trinajstić information content (AvgIpc) is 2.99. The molecule has 0 saturated carbocycles. The van der Waals surface area contributed by atoms with Crippen LogP contribution in [0.3, 0.4) is 0 Å². The fourth-order valence-electron chi connectivity index (χ4n) is 3.68. The number of amides is 3. The van der Waals surface area contributed by atoms with E-state index in [0.717, 1.165) is 12.2 Å². The van der Waals surface area contributed by atoms with Crippen LogP contribution in [0.15, 0.2) is 86.0 Å². The zero-order chi connectivity index (χ0) is 35.9. The van der Waals surface area contributed by atoms with E-state index >= 15 is 0 Å². The summed E-state index contributed by atoms with van der Waals surface area (Å²) >= 11 is 0. The Morgan fingerprint density at radius 1 is 0.708 bits per heavy atom. The summed E-state index contributed by atoms with van der Waals surface area (Å²) in [5, 5.41) is 0. The molecule has 0 heterocycles. The second-order valence-corrected chi connectivity index (χ2v) is 10.7. The molecule has 2 rings (SSSR count). The third kappa shape index (κ3) is 12.8. The predicted molar refractivity (Wildman–Crippen MR) is 167 cm³/mol. The first-order valence-electron chi connectivity index (χ1n) is 13.8. The van der Waals surface area contributed by atoms with Gasteiger partial charge in [-0.05, 0) is 31.9 Å². The van der Waals surface area contributed by atoms with Gasteiger partial charge < -0.3 is 14.2 Å². The maximum absolute atomic E-state index is 13.7. The van der Waals surface area contributed by atoms with Crippen LogP contribution in [0.5, 0.6) is 0 Å². The molecule has 0 radical (unpaired) electrons. The lowest BCUT2D eigenvalue weighted by Gasteiger charge is -2.33. The molecule has 0 aliphatic heterocycles. The highest BCUT2D eigenvalue weighted by molar-refractivity contribution is 5.88. The molecule has 0 aliphatic rings. The molecule has 2 aromatic rings. The summed E-state index contributed by atoms with van der Waals surface area (Å²) in [6, 6.07) is 16.3. The minimum absolute atomic E-state index is 0. The number of hydrogen-bond acceptors (Lipinski definition) is 7. The molecular weight excluding hydrogens is 674 g/mol. The van der Waals surface area contributed by atoms with Gasteiger partial charge in [0.05, 0.1) is 13.2 Å². The molecule has 0 saturated heterocycles. The summed E-state index contributed by atoms with van der Waals surface area (Å²) in [6.45, 7) is 10.4. The van der Waals surface area contributed by atoms with Gasteiger partial charge in [0.2, 0.25) is 11.2 Å². The van der Waals surface area contributed by atoms with E-state index in [1.165, 1.54) is 5.43 Å². The molecule has 0 aliphatic carbocycles. The highest BCUT2D eigenvalue weighted by atomic mass is 35.5. The predicted octanol–water partition coefficient (Wildman–Crippen LogP) is 6.13. The molecule has 2 atom stereocenters. The number of alkyl halides is 6. The lowest BCUT2D eigenvalue weighted by Crippen LogP contribution is -2.61. The first-order valence-corrected chi connectivity index (χ1v) is 13.8. The minimum Gasteiger partial charge on any atom is -0.443 e. The number of halogens is 7. The van der Waals surface area contributed by atoms with E-state index in [4.69, 9.17) is 20.1 Å². The monoisotopic (exact) mass is 712 g/mol. The molecule has 268 valence electrons. The van der Waals surface area contributed by atoms with Crippen LogP contribution in [0.4, 0.5) is 31.1 Å². The summed E-state index contributed by atoms with van der Waals surface area (Å²) < 4.78 is 95.6. The fraction of sp³-hybridized carbons (Fsp3) is 0.387. The number of rotatable bonds is 12. The standard InChI is InChI=1S/C18H23F3N2O4.C13H15F3N2O2.ClH/c1-5-11-17(18(19,20)21,26-12-13-9-7-6-8-10-13)14(24)22-23-15(25)27-16(2,3)4;1-2-8-12(11(19)18-17,13(14,15)16)20-9-10-6-4-3-5-7-10;/h5-10H,1,11-12H2,2-4H3,(H,22,24)(H,23,25);2-7H,1,8-9,17H2,(H,18,19);1H. The van der Waals surface area contributed by atoms with Crippen LogP contribution in [0.1, 0.15) is 44.7 Å². The Balaban J connectivity index is 0.000000940. The van der Waals surface area contributed by atoms with Gasteiger partial charge >= 0.3 is 18.4 Å². The van der Waals surface area contributed by atoms with Crippen molar-refractivity contribution in [2.75, 3.05) is 0 Å². The first kappa shape index (κ1) is 43.9. The molecule has 0 bridgehead atoms. The Morgan fingerprint density at radius 3 is 1.40 bits per heavy atom. The van der Waals surface area contributed by atoms with Crippen molar-refractivity contribution < 1.29 is 54.9 Å². The van der Waals surface area contributed by atoms with Crippen LogP contribution in [0.25, 0.3) is 0 Å². The molecule has 2 aromatic carbocycles. The summed E-state index contributed by atoms with van der Waals surface area (Å²) in [6.07, 6.45) is -10.8. The van der Waals surface area contributed by atoms with Gasteiger partial charge in [-0.1, -0.05) is 72.8 Å². The summed E-state index contributed by atoms with van der Waals surface area (Å²) in [5.41, 5.74) is -1.18. The van der Waals surface area contributed by atoms with Crippen LogP contribution < -0.4 is 22.1 Å². The molecule has 48 heavy (non-hydrogen) atoms. The SMILES string of the molecule is C=CCC(OCc1ccccc1)(C(=O)NN)C(F)(F)F.C=CCC(OCc1ccccc1)(C(=O)NNC(=O)OC(C)(C)C)C(F)(F)F.Cl. The van der Waals surface area contributed by atoms with E-state index < -0.39 is 66.5 Å². The van der Waals surface area contributed by atoms with Gasteiger partial charge in [0, 0.05) is 12.8 Å². The van der Waals surface area contributed by atoms with Crippen molar-refractivity contribution in [3.05, 3.63) is 97.1 Å². The normalized spacial score (nSPS) is 13.9. The topological polar surface area (TPSA) is 141 Å². The first-order chi connectivity index (χ1) is 21.8. The quantitative estimate of drug-likeness (QED) is 0.0683. The maximum Gasteiger partial charge on any atom is 0.427 e. The van der Waals surface area contributed by atoms with Crippen LogP contribution in [0, 0.1) is 0 Å². The van der Waals surface area contributed by atoms with Crippen molar-refractivity contribution in [2.24, 2.45) is 5.84 Å². The van der Waals surface area contributed by atoms with E-state index in [1.807, 2.05) is 0 Å². The number of hydrazine groups is 2. The van der Waals surface area contributed by atoms with E-state index in [2.05, 4.69) is 13.2 Å². The van der Waals surface area contributed by atoms with Crippen LogP contribution in [0.2, 0.25) is 0 Å². The highest BCUT2D eigenvalue weighted by Crippen LogP contribution is 2.39. The van der Waals surface area contributed by atoms with E-state index in [9.17, 15) is 40.7 Å². The fourth-order valence-corrected chi connectivity index (χ4v) is 3.68. The number of hydrogen-bond donors (Lipinski definition) is 4. The summed E-state index contributed by atoms with van der Waals surface area (Å²) in [7, 11) is 0. The van der Waals surface area contributed by atoms with E-state index in [0.29, 0.717) is 11.1 Å². The maximum atomic E-state index is 13.7. The van der Waals surface area contributed by atoms with Gasteiger partial charge in [0.1, 0.15) is 5.60 Å². The highest BCUT2D eigenvalue weighted by Gasteiger charge is 2.62. The number of ether oxygens (including phenoxy) is 3. The van der Waals surface area contributed by atoms with Crippen LogP contribution in [-0.2, 0) is 37.0 Å². The number of benzene rings is 2. The molecule has 2 unspecified atom stereocenters. The number of nitrogens with two attached hydrogens (primary N) is 1. The Labute approximate surface area is 280 Å². The average molecular weight is 713 g/mol. The molecule has 3 amide bonds. The van der Waals surface area contributed by atoms with Crippen molar-refractivity contribution in [3.63, 3.8) is 0 Å². The van der Waals surface area contributed by atoms with Crippen molar-refractivity contribution in [3.8, 4) is 0 Å². The summed E-state index contributed by atoms with van der Waals surface area (Å²) in [5.74, 6) is 1.80. The van der Waals surface area contributed by atoms with Crippen molar-refractivity contribution >= 4 is 30.3 Å². The molecule has 0 aromatic heterocycles. The van der Waals surface area contributed by atoms with Gasteiger partial charge in [0.25, 0.3) is 11.8 Å². The molecule has 17 heteroatoms. The van der Waals surface area contributed by atoms with Gasteiger partial charge in [0.15, 0.2) is 0 Å². The zero-order valence-corrected chi connectivity index (χ0v) is 27.2. The number of carbonyl (C=O) groups excluding carboxylic acids is 3. The molecule has 10 nitrogen and oxygen atoms in total. The molecular formula is C31H39ClF6N4O6. The van der Waals surface area contributed by atoms with Crippen molar-refractivity contribution in [1.82, 2.24) is 16.3 Å². The lowest BCUT2D eigenvalue weighted by molar-refractivity contribution is -0.270. The Morgan fingerprint density at radius 2 is 1.08 bits per heavy atom. The lowest BCUT2D eigenvalue weighted by atomic mass is 9.97. The van der Waals surface area contributed by atoms with Crippen LogP contribution >= 0.6 is 12.4 Å². The molecule has 0 fully saturated rings. The van der Waals surface area contributed by atoms with Crippen molar-refractivity contribution in [1.29, 1.82) is 0 Å².